The molecule has 0 atom stereocenters. The van der Waals surface area contributed by atoms with Crippen LogP contribution in [0.2, 0.25) is 0 Å². The Morgan fingerprint density at radius 2 is 2.22 bits per heavy atom. The molecule has 1 heterocycles. The number of carbonyl (C=O) groups is 1. The molecular formula is C14H17NO3. The molecule has 1 aliphatic heterocycles. The Labute approximate surface area is 106 Å². The summed E-state index contributed by atoms with van der Waals surface area (Å²) in [6, 6.07) is 4.92. The number of carbonyl (C=O) groups excluding carboxylic acids is 1. The van der Waals surface area contributed by atoms with Crippen molar-refractivity contribution in [1.82, 2.24) is 4.90 Å². The number of nitrogens with zero attached hydrogens (tertiary/aromatic N) is 1. The van der Waals surface area contributed by atoms with Crippen LogP contribution in [0.15, 0.2) is 24.3 Å². The van der Waals surface area contributed by atoms with Gasteiger partial charge in [0.2, 0.25) is 0 Å². The molecule has 1 N–H and O–H groups in total. The third-order valence-corrected chi connectivity index (χ3v) is 3.18. The van der Waals surface area contributed by atoms with E-state index in [1.807, 2.05) is 0 Å². The zero-order chi connectivity index (χ0) is 13.1. The van der Waals surface area contributed by atoms with Crippen molar-refractivity contribution in [3.63, 3.8) is 0 Å². The van der Waals surface area contributed by atoms with E-state index in [-0.39, 0.29) is 5.75 Å². The van der Waals surface area contributed by atoms with Crippen LogP contribution in [0.3, 0.4) is 0 Å². The van der Waals surface area contributed by atoms with Gasteiger partial charge in [0.25, 0.3) is 0 Å². The minimum atomic E-state index is -0.436. The lowest BCUT2D eigenvalue weighted by molar-refractivity contribution is 0.0600. The van der Waals surface area contributed by atoms with E-state index >= 15 is 0 Å². The van der Waals surface area contributed by atoms with E-state index < -0.39 is 5.97 Å². The first-order valence-corrected chi connectivity index (χ1v) is 5.91. The molecule has 0 aliphatic carbocycles. The van der Waals surface area contributed by atoms with Gasteiger partial charge < -0.3 is 14.7 Å². The van der Waals surface area contributed by atoms with Crippen LogP contribution < -0.4 is 0 Å². The molecule has 2 rings (SSSR count). The lowest BCUT2D eigenvalue weighted by Crippen LogP contribution is -2.23. The maximum atomic E-state index is 11.3. The number of benzene rings is 1. The second kappa shape index (κ2) is 5.23. The molecule has 0 radical (unpaired) electrons. The Hall–Kier alpha value is -1.81. The van der Waals surface area contributed by atoms with Gasteiger partial charge in [0, 0.05) is 18.7 Å². The van der Waals surface area contributed by atoms with Crippen molar-refractivity contribution in [1.29, 1.82) is 0 Å². The molecule has 96 valence electrons. The van der Waals surface area contributed by atoms with E-state index in [2.05, 4.69) is 22.8 Å². The highest BCUT2D eigenvalue weighted by Gasteiger charge is 2.15. The van der Waals surface area contributed by atoms with Crippen molar-refractivity contribution in [2.75, 3.05) is 27.2 Å². The highest BCUT2D eigenvalue weighted by molar-refractivity contribution is 5.90. The van der Waals surface area contributed by atoms with E-state index in [0.29, 0.717) is 5.56 Å². The molecule has 4 nitrogen and oxygen atoms in total. The van der Waals surface area contributed by atoms with E-state index in [1.54, 1.807) is 12.1 Å². The number of phenols is 1. The number of rotatable bonds is 2. The summed E-state index contributed by atoms with van der Waals surface area (Å²) in [6.45, 7) is 1.86. The smallest absolute Gasteiger partial charge is 0.337 e. The Bertz CT molecular complexity index is 494. The van der Waals surface area contributed by atoms with Crippen molar-refractivity contribution in [3.8, 4) is 5.75 Å². The van der Waals surface area contributed by atoms with Gasteiger partial charge in [-0.3, -0.25) is 0 Å². The lowest BCUT2D eigenvalue weighted by atomic mass is 9.97. The number of hydrogen-bond donors (Lipinski definition) is 1. The van der Waals surface area contributed by atoms with Crippen LogP contribution in [-0.2, 0) is 4.74 Å². The molecule has 0 fully saturated rings. The van der Waals surface area contributed by atoms with Crippen molar-refractivity contribution < 1.29 is 14.6 Å². The molecule has 1 aromatic rings. The average Bonchev–Trinajstić information content (AvgIpc) is 2.39. The zero-order valence-corrected chi connectivity index (χ0v) is 10.6. The average molecular weight is 247 g/mol. The topological polar surface area (TPSA) is 49.8 Å². The number of esters is 1. The third-order valence-electron chi connectivity index (χ3n) is 3.18. The van der Waals surface area contributed by atoms with Crippen LogP contribution in [0.4, 0.5) is 0 Å². The number of hydrogen-bond acceptors (Lipinski definition) is 4. The van der Waals surface area contributed by atoms with Crippen molar-refractivity contribution in [3.05, 3.63) is 35.4 Å². The van der Waals surface area contributed by atoms with Gasteiger partial charge in [-0.15, -0.1) is 0 Å². The predicted octanol–water partition coefficient (Wildman–Crippen LogP) is 1.90. The van der Waals surface area contributed by atoms with Crippen LogP contribution in [-0.4, -0.2) is 43.2 Å². The van der Waals surface area contributed by atoms with Crippen molar-refractivity contribution >= 4 is 11.5 Å². The summed E-state index contributed by atoms with van der Waals surface area (Å²) >= 11 is 0. The second-order valence-electron chi connectivity index (χ2n) is 4.47. The van der Waals surface area contributed by atoms with Gasteiger partial charge in [0.05, 0.1) is 12.7 Å². The normalized spacial score (nSPS) is 16.2. The standard InChI is InChI=1S/C14H17NO3/c1-15-7-5-10(6-8-15)12-4-3-11(9-13(12)16)14(17)18-2/h3-5,9,16H,6-8H2,1-2H3. The van der Waals surface area contributed by atoms with E-state index in [4.69, 9.17) is 0 Å². The lowest BCUT2D eigenvalue weighted by Gasteiger charge is -2.22. The Kier molecular flexibility index (Phi) is 3.67. The molecule has 0 aromatic heterocycles. The van der Waals surface area contributed by atoms with Gasteiger partial charge in [-0.1, -0.05) is 12.1 Å². The third kappa shape index (κ3) is 2.54. The first kappa shape index (κ1) is 12.6. The van der Waals surface area contributed by atoms with Crippen molar-refractivity contribution in [2.24, 2.45) is 0 Å². The summed E-state index contributed by atoms with van der Waals surface area (Å²) in [7, 11) is 3.39. The summed E-state index contributed by atoms with van der Waals surface area (Å²) in [5.41, 5.74) is 2.30. The fourth-order valence-corrected chi connectivity index (χ4v) is 2.06. The zero-order valence-electron chi connectivity index (χ0n) is 10.6. The van der Waals surface area contributed by atoms with Crippen LogP contribution in [0.25, 0.3) is 5.57 Å². The molecule has 0 bridgehead atoms. The predicted molar refractivity (Wildman–Crippen MR) is 69.5 cm³/mol. The monoisotopic (exact) mass is 247 g/mol. The number of phenolic OH excluding ortho intramolecular Hbond substituents is 1. The summed E-state index contributed by atoms with van der Waals surface area (Å²) in [6.07, 6.45) is 3.01. The second-order valence-corrected chi connectivity index (χ2v) is 4.47. The fraction of sp³-hybridized carbons (Fsp3) is 0.357. The Morgan fingerprint density at radius 3 is 2.78 bits per heavy atom. The summed E-state index contributed by atoms with van der Waals surface area (Å²) in [5.74, 6) is -0.303. The quantitative estimate of drug-likeness (QED) is 0.811. The number of ether oxygens (including phenoxy) is 1. The Balaban J connectivity index is 2.28. The van der Waals surface area contributed by atoms with Gasteiger partial charge in [0.1, 0.15) is 5.75 Å². The molecule has 1 aliphatic rings. The highest BCUT2D eigenvalue weighted by Crippen LogP contribution is 2.30. The van der Waals surface area contributed by atoms with E-state index in [1.165, 1.54) is 13.2 Å². The number of methoxy groups -OCH3 is 1. The molecule has 0 saturated carbocycles. The van der Waals surface area contributed by atoms with Crippen molar-refractivity contribution in [2.45, 2.75) is 6.42 Å². The molecule has 0 saturated heterocycles. The van der Waals surface area contributed by atoms with Gasteiger partial charge in [-0.05, 0) is 31.2 Å². The van der Waals surface area contributed by atoms with Crippen LogP contribution in [0, 0.1) is 0 Å². The highest BCUT2D eigenvalue weighted by atomic mass is 16.5. The van der Waals surface area contributed by atoms with Crippen LogP contribution >= 0.6 is 0 Å². The van der Waals surface area contributed by atoms with Gasteiger partial charge in [0.15, 0.2) is 0 Å². The fourth-order valence-electron chi connectivity index (χ4n) is 2.06. The Morgan fingerprint density at radius 1 is 1.44 bits per heavy atom. The molecule has 0 unspecified atom stereocenters. The van der Waals surface area contributed by atoms with Gasteiger partial charge in [-0.2, -0.15) is 0 Å². The minimum absolute atomic E-state index is 0.133. The number of likely N-dealkylation sites (N-methyl/N-ethyl adjacent to an activating group) is 1. The molecule has 18 heavy (non-hydrogen) atoms. The summed E-state index contributed by atoms with van der Waals surface area (Å²) in [5, 5.41) is 9.99. The largest absolute Gasteiger partial charge is 0.507 e. The van der Waals surface area contributed by atoms with Crippen LogP contribution in [0.1, 0.15) is 22.3 Å². The van der Waals surface area contributed by atoms with Gasteiger partial charge >= 0.3 is 5.97 Å². The molecule has 4 heteroatoms. The molecule has 0 amide bonds. The maximum Gasteiger partial charge on any atom is 0.337 e. The first-order valence-electron chi connectivity index (χ1n) is 5.91. The van der Waals surface area contributed by atoms with Gasteiger partial charge in [-0.25, -0.2) is 4.79 Å². The van der Waals surface area contributed by atoms with E-state index in [9.17, 15) is 9.90 Å². The first-order chi connectivity index (χ1) is 8.61. The summed E-state index contributed by atoms with van der Waals surface area (Å²) < 4.78 is 4.62. The molecule has 0 spiro atoms. The van der Waals surface area contributed by atoms with E-state index in [0.717, 1.165) is 30.6 Å². The minimum Gasteiger partial charge on any atom is -0.507 e. The number of aromatic hydroxyl groups is 1. The molecular weight excluding hydrogens is 230 g/mol. The molecule has 1 aromatic carbocycles. The summed E-state index contributed by atoms with van der Waals surface area (Å²) in [4.78, 5) is 13.6. The maximum absolute atomic E-state index is 11.3. The van der Waals surface area contributed by atoms with Crippen LogP contribution in [0.5, 0.6) is 5.75 Å². The SMILES string of the molecule is COC(=O)c1ccc(C2=CCN(C)CC2)c(O)c1.